The molecule has 1 aliphatic rings. The molecule has 0 atom stereocenters. The Bertz CT molecular complexity index is 869. The molecule has 2 amide bonds. The molecule has 0 spiro atoms. The van der Waals surface area contributed by atoms with Crippen LogP contribution in [0.15, 0.2) is 29.4 Å². The summed E-state index contributed by atoms with van der Waals surface area (Å²) in [6.45, 7) is 2.42. The molecule has 0 aromatic heterocycles. The van der Waals surface area contributed by atoms with Crippen molar-refractivity contribution in [3.8, 4) is 23.7 Å². The molecule has 0 bridgehead atoms. The number of ether oxygens (including phenoxy) is 1. The molecule has 1 aliphatic carbocycles. The Morgan fingerprint density at radius 2 is 1.70 bits per heavy atom. The van der Waals surface area contributed by atoms with Gasteiger partial charge in [0.25, 0.3) is 11.8 Å². The lowest BCUT2D eigenvalue weighted by atomic mass is 9.87. The first kappa shape index (κ1) is 26.1. The fourth-order valence-electron chi connectivity index (χ4n) is 3.57. The lowest BCUT2D eigenvalue weighted by Gasteiger charge is -2.18. The van der Waals surface area contributed by atoms with E-state index in [-0.39, 0.29) is 11.8 Å². The number of carbonyl (C=O) groups excluding carboxylic acids is 2. The van der Waals surface area contributed by atoms with Gasteiger partial charge in [-0.2, -0.15) is 5.11 Å². The van der Waals surface area contributed by atoms with E-state index < -0.39 is 0 Å². The minimum Gasteiger partial charge on any atom is -0.381 e. The minimum absolute atomic E-state index is 0.133. The van der Waals surface area contributed by atoms with Crippen LogP contribution in [-0.4, -0.2) is 38.1 Å². The highest BCUT2D eigenvalue weighted by molar-refractivity contribution is 5.94. The van der Waals surface area contributed by atoms with Gasteiger partial charge in [0.05, 0.1) is 6.54 Å². The van der Waals surface area contributed by atoms with Crippen molar-refractivity contribution in [3.63, 3.8) is 0 Å². The first-order valence-electron chi connectivity index (χ1n) is 11.7. The second kappa shape index (κ2) is 16.5. The molecule has 7 nitrogen and oxygen atoms in total. The second-order valence-corrected chi connectivity index (χ2v) is 8.10. The van der Waals surface area contributed by atoms with Crippen LogP contribution >= 0.6 is 0 Å². The molecule has 176 valence electrons. The zero-order valence-corrected chi connectivity index (χ0v) is 19.3. The summed E-state index contributed by atoms with van der Waals surface area (Å²) in [6.07, 6.45) is 8.77. The SMILES string of the molecule is N=NCc1ccc(C(=O)NCCCOCCCNC(=O)C#CC#CCC2CCCCC2)cc1. The highest BCUT2D eigenvalue weighted by Crippen LogP contribution is 2.25. The van der Waals surface area contributed by atoms with Gasteiger partial charge in [0.1, 0.15) is 0 Å². The van der Waals surface area contributed by atoms with Crippen LogP contribution in [0.5, 0.6) is 0 Å². The largest absolute Gasteiger partial charge is 0.381 e. The van der Waals surface area contributed by atoms with Gasteiger partial charge >= 0.3 is 0 Å². The number of hydrogen-bond donors (Lipinski definition) is 3. The van der Waals surface area contributed by atoms with Crippen molar-refractivity contribution < 1.29 is 14.3 Å². The Hall–Kier alpha value is -3.16. The fourth-order valence-corrected chi connectivity index (χ4v) is 3.57. The Balaban J connectivity index is 1.44. The molecule has 1 fully saturated rings. The normalized spacial score (nSPS) is 13.1. The molecule has 1 aromatic carbocycles. The van der Waals surface area contributed by atoms with E-state index in [2.05, 4.69) is 39.4 Å². The van der Waals surface area contributed by atoms with Crippen molar-refractivity contribution in [2.45, 2.75) is 57.9 Å². The number of carbonyl (C=O) groups is 2. The summed E-state index contributed by atoms with van der Waals surface area (Å²) < 4.78 is 5.53. The van der Waals surface area contributed by atoms with E-state index in [4.69, 9.17) is 10.3 Å². The molecule has 0 saturated heterocycles. The van der Waals surface area contributed by atoms with Crippen molar-refractivity contribution in [1.29, 1.82) is 5.53 Å². The summed E-state index contributed by atoms with van der Waals surface area (Å²) >= 11 is 0. The smallest absolute Gasteiger partial charge is 0.296 e. The van der Waals surface area contributed by atoms with E-state index in [1.807, 2.05) is 0 Å². The molecule has 2 rings (SSSR count). The number of nitrogens with one attached hydrogen (secondary N) is 3. The average molecular weight is 451 g/mol. The van der Waals surface area contributed by atoms with Crippen LogP contribution < -0.4 is 10.6 Å². The molecule has 3 N–H and O–H groups in total. The van der Waals surface area contributed by atoms with Crippen molar-refractivity contribution in [2.75, 3.05) is 26.3 Å². The highest BCUT2D eigenvalue weighted by Gasteiger charge is 2.11. The zero-order valence-electron chi connectivity index (χ0n) is 19.3. The molecule has 1 aromatic rings. The number of amides is 2. The molecular formula is C26H34N4O3. The molecule has 0 heterocycles. The predicted octanol–water partition coefficient (Wildman–Crippen LogP) is 3.84. The first-order valence-corrected chi connectivity index (χ1v) is 11.7. The second-order valence-electron chi connectivity index (χ2n) is 8.10. The summed E-state index contributed by atoms with van der Waals surface area (Å²) in [5.74, 6) is 11.2. The third kappa shape index (κ3) is 11.9. The summed E-state index contributed by atoms with van der Waals surface area (Å²) in [5.41, 5.74) is 8.33. The molecule has 0 unspecified atom stereocenters. The first-order chi connectivity index (χ1) is 16.2. The Morgan fingerprint density at radius 1 is 1.00 bits per heavy atom. The number of hydrogen-bond acceptors (Lipinski definition) is 5. The maximum Gasteiger partial charge on any atom is 0.296 e. The van der Waals surface area contributed by atoms with Gasteiger partial charge in [-0.25, -0.2) is 5.53 Å². The van der Waals surface area contributed by atoms with Gasteiger partial charge in [-0.15, -0.1) is 0 Å². The van der Waals surface area contributed by atoms with Crippen molar-refractivity contribution >= 4 is 11.8 Å². The van der Waals surface area contributed by atoms with Crippen molar-refractivity contribution in [3.05, 3.63) is 35.4 Å². The van der Waals surface area contributed by atoms with Gasteiger partial charge in [0, 0.05) is 44.2 Å². The fraction of sp³-hybridized carbons (Fsp3) is 0.538. The predicted molar refractivity (Wildman–Crippen MR) is 127 cm³/mol. The standard InChI is InChI=1S/C26H34N4O3/c27-30-21-23-13-15-24(16-14-23)26(32)29-18-8-20-33-19-7-17-28-25(31)12-6-2-5-11-22-9-3-1-4-10-22/h13-16,22,27H,1,3-4,7-11,17-21H2,(H,28,31)(H,29,32). The molecule has 0 radical (unpaired) electrons. The molecule has 7 heteroatoms. The maximum atomic E-state index is 12.1. The van der Waals surface area contributed by atoms with Gasteiger partial charge in [-0.05, 0) is 61.1 Å². The number of benzene rings is 1. The monoisotopic (exact) mass is 450 g/mol. The lowest BCUT2D eigenvalue weighted by Crippen LogP contribution is -2.25. The Labute approximate surface area is 196 Å². The van der Waals surface area contributed by atoms with Gasteiger partial charge in [-0.1, -0.05) is 37.3 Å². The number of nitrogens with zero attached hydrogens (tertiary/aromatic N) is 1. The summed E-state index contributed by atoms with van der Waals surface area (Å²) in [6, 6.07) is 7.06. The molecular weight excluding hydrogens is 416 g/mol. The summed E-state index contributed by atoms with van der Waals surface area (Å²) in [4.78, 5) is 23.7. The maximum absolute atomic E-state index is 12.1. The lowest BCUT2D eigenvalue weighted by molar-refractivity contribution is -0.115. The Kier molecular flexibility index (Phi) is 13.0. The van der Waals surface area contributed by atoms with E-state index >= 15 is 0 Å². The van der Waals surface area contributed by atoms with Crippen LogP contribution in [0.3, 0.4) is 0 Å². The third-order valence-electron chi connectivity index (χ3n) is 5.42. The van der Waals surface area contributed by atoms with Crippen molar-refractivity contribution in [2.24, 2.45) is 11.0 Å². The van der Waals surface area contributed by atoms with Crippen LogP contribution in [0.25, 0.3) is 0 Å². The zero-order chi connectivity index (χ0) is 23.6. The van der Waals surface area contributed by atoms with Crippen LogP contribution in [0.2, 0.25) is 0 Å². The van der Waals surface area contributed by atoms with E-state index in [1.54, 1.807) is 24.3 Å². The van der Waals surface area contributed by atoms with Gasteiger partial charge in [0.15, 0.2) is 0 Å². The van der Waals surface area contributed by atoms with E-state index in [9.17, 15) is 9.59 Å². The number of rotatable bonds is 12. The topological polar surface area (TPSA) is 104 Å². The van der Waals surface area contributed by atoms with Crippen LogP contribution in [0, 0.1) is 35.1 Å². The van der Waals surface area contributed by atoms with E-state index in [1.165, 1.54) is 32.1 Å². The van der Waals surface area contributed by atoms with Gasteiger partial charge in [-0.3, -0.25) is 9.59 Å². The van der Waals surface area contributed by atoms with Crippen LogP contribution in [0.1, 0.15) is 67.3 Å². The summed E-state index contributed by atoms with van der Waals surface area (Å²) in [5, 5.41) is 8.91. The van der Waals surface area contributed by atoms with Crippen LogP contribution in [0.4, 0.5) is 0 Å². The molecule has 33 heavy (non-hydrogen) atoms. The van der Waals surface area contributed by atoms with E-state index in [0.717, 1.165) is 12.0 Å². The minimum atomic E-state index is -0.313. The molecule has 0 aliphatic heterocycles. The van der Waals surface area contributed by atoms with E-state index in [0.29, 0.717) is 57.2 Å². The summed E-state index contributed by atoms with van der Waals surface area (Å²) in [7, 11) is 0. The highest BCUT2D eigenvalue weighted by atomic mass is 16.5. The quantitative estimate of drug-likeness (QED) is 0.256. The van der Waals surface area contributed by atoms with Crippen molar-refractivity contribution in [1.82, 2.24) is 10.6 Å². The van der Waals surface area contributed by atoms with Gasteiger partial charge < -0.3 is 15.4 Å². The third-order valence-corrected chi connectivity index (χ3v) is 5.42. The molecule has 1 saturated carbocycles. The van der Waals surface area contributed by atoms with Crippen LogP contribution in [-0.2, 0) is 16.1 Å². The average Bonchev–Trinajstić information content (AvgIpc) is 2.84. The Morgan fingerprint density at radius 3 is 2.39 bits per heavy atom. The van der Waals surface area contributed by atoms with Gasteiger partial charge in [0.2, 0.25) is 0 Å².